The third kappa shape index (κ3) is 4.01. The number of aromatic amines is 1. The Kier molecular flexibility index (Phi) is 5.93. The van der Waals surface area contributed by atoms with E-state index >= 15 is 0 Å². The molecule has 0 aliphatic rings. The number of unbranched alkanes of at least 4 members (excludes halogenated alkanes) is 3. The number of fused-ring (bicyclic) bond motifs is 1. The fourth-order valence-corrected chi connectivity index (χ4v) is 2.52. The molecule has 0 bridgehead atoms. The second-order valence-corrected chi connectivity index (χ2v) is 5.29. The van der Waals surface area contributed by atoms with Crippen molar-refractivity contribution in [2.45, 2.75) is 39.0 Å². The molecule has 1 aromatic heterocycles. The summed E-state index contributed by atoms with van der Waals surface area (Å²) >= 11 is 0. The minimum absolute atomic E-state index is 0.922. The van der Waals surface area contributed by atoms with E-state index in [0.717, 1.165) is 25.3 Å². The van der Waals surface area contributed by atoms with Crippen LogP contribution in [0.25, 0.3) is 10.9 Å². The molecule has 0 aliphatic carbocycles. The quantitative estimate of drug-likeness (QED) is 0.681. The van der Waals surface area contributed by atoms with Gasteiger partial charge in [0.05, 0.1) is 7.11 Å². The standard InChI is InChI=1S/C17H26N2O/c1-3-4-5-6-10-18-11-9-14-13-19-17-8-7-15(20-2)12-16(14)17/h7-8,12-13,18-19H,3-6,9-11H2,1-2H3. The predicted molar refractivity (Wildman–Crippen MR) is 85.6 cm³/mol. The van der Waals surface area contributed by atoms with Crippen LogP contribution in [0.1, 0.15) is 38.2 Å². The first-order chi connectivity index (χ1) is 9.85. The zero-order valence-electron chi connectivity index (χ0n) is 12.7. The summed E-state index contributed by atoms with van der Waals surface area (Å²) in [6, 6.07) is 6.19. The van der Waals surface area contributed by atoms with Gasteiger partial charge in [0.25, 0.3) is 0 Å². The molecule has 1 aromatic carbocycles. The molecule has 2 rings (SSSR count). The number of benzene rings is 1. The molecule has 2 aromatic rings. The first-order valence-corrected chi connectivity index (χ1v) is 7.70. The Labute approximate surface area is 121 Å². The molecule has 0 amide bonds. The SMILES string of the molecule is CCCCCCNCCc1c[nH]c2ccc(OC)cc12. The monoisotopic (exact) mass is 274 g/mol. The van der Waals surface area contributed by atoms with Gasteiger partial charge in [-0.1, -0.05) is 26.2 Å². The van der Waals surface area contributed by atoms with Gasteiger partial charge in [-0.25, -0.2) is 0 Å². The number of ether oxygens (including phenoxy) is 1. The number of methoxy groups -OCH3 is 1. The Morgan fingerprint density at radius 3 is 2.85 bits per heavy atom. The molecule has 110 valence electrons. The Morgan fingerprint density at radius 1 is 1.15 bits per heavy atom. The highest BCUT2D eigenvalue weighted by molar-refractivity contribution is 5.84. The van der Waals surface area contributed by atoms with Crippen molar-refractivity contribution in [3.63, 3.8) is 0 Å². The Bertz CT molecular complexity index is 519. The average molecular weight is 274 g/mol. The topological polar surface area (TPSA) is 37.0 Å². The number of H-pyrrole nitrogens is 1. The van der Waals surface area contributed by atoms with E-state index in [1.54, 1.807) is 7.11 Å². The lowest BCUT2D eigenvalue weighted by Gasteiger charge is -2.05. The maximum Gasteiger partial charge on any atom is 0.119 e. The summed E-state index contributed by atoms with van der Waals surface area (Å²) in [5, 5.41) is 4.81. The molecule has 20 heavy (non-hydrogen) atoms. The van der Waals surface area contributed by atoms with Crippen molar-refractivity contribution in [2.24, 2.45) is 0 Å². The zero-order chi connectivity index (χ0) is 14.2. The summed E-state index contributed by atoms with van der Waals surface area (Å²) in [5.41, 5.74) is 2.55. The molecular weight excluding hydrogens is 248 g/mol. The number of hydrogen-bond acceptors (Lipinski definition) is 2. The first kappa shape index (κ1) is 14.9. The largest absolute Gasteiger partial charge is 0.497 e. The van der Waals surface area contributed by atoms with Crippen LogP contribution in [0.2, 0.25) is 0 Å². The summed E-state index contributed by atoms with van der Waals surface area (Å²) in [5.74, 6) is 0.922. The molecule has 1 heterocycles. The molecule has 3 nitrogen and oxygen atoms in total. The van der Waals surface area contributed by atoms with Gasteiger partial charge in [-0.3, -0.25) is 0 Å². The van der Waals surface area contributed by atoms with Crippen LogP contribution in [0.15, 0.2) is 24.4 Å². The maximum absolute atomic E-state index is 5.30. The Hall–Kier alpha value is -1.48. The van der Waals surface area contributed by atoms with Crippen LogP contribution in [0.3, 0.4) is 0 Å². The van der Waals surface area contributed by atoms with Crippen molar-refractivity contribution in [2.75, 3.05) is 20.2 Å². The van der Waals surface area contributed by atoms with E-state index < -0.39 is 0 Å². The highest BCUT2D eigenvalue weighted by atomic mass is 16.5. The normalized spacial score (nSPS) is 11.1. The van der Waals surface area contributed by atoms with Gasteiger partial charge in [-0.2, -0.15) is 0 Å². The molecule has 2 N–H and O–H groups in total. The van der Waals surface area contributed by atoms with Crippen molar-refractivity contribution >= 4 is 10.9 Å². The number of aromatic nitrogens is 1. The lowest BCUT2D eigenvalue weighted by molar-refractivity contribution is 0.415. The van der Waals surface area contributed by atoms with Crippen molar-refractivity contribution in [3.8, 4) is 5.75 Å². The summed E-state index contributed by atoms with van der Waals surface area (Å²) < 4.78 is 5.30. The van der Waals surface area contributed by atoms with E-state index in [2.05, 4.69) is 35.6 Å². The minimum atomic E-state index is 0.922. The van der Waals surface area contributed by atoms with Crippen LogP contribution < -0.4 is 10.1 Å². The van der Waals surface area contributed by atoms with E-state index in [4.69, 9.17) is 4.74 Å². The Morgan fingerprint density at radius 2 is 2.05 bits per heavy atom. The van der Waals surface area contributed by atoms with Crippen molar-refractivity contribution in [1.29, 1.82) is 0 Å². The zero-order valence-corrected chi connectivity index (χ0v) is 12.7. The molecule has 0 fully saturated rings. The molecule has 3 heteroatoms. The lowest BCUT2D eigenvalue weighted by atomic mass is 10.1. The van der Waals surface area contributed by atoms with Gasteiger partial charge in [0.2, 0.25) is 0 Å². The maximum atomic E-state index is 5.30. The van der Waals surface area contributed by atoms with Crippen LogP contribution in [-0.2, 0) is 6.42 Å². The van der Waals surface area contributed by atoms with Gasteiger partial charge in [-0.15, -0.1) is 0 Å². The van der Waals surface area contributed by atoms with E-state index in [1.807, 2.05) is 6.07 Å². The summed E-state index contributed by atoms with van der Waals surface area (Å²) in [4.78, 5) is 3.32. The van der Waals surface area contributed by atoms with Crippen molar-refractivity contribution < 1.29 is 4.74 Å². The third-order valence-electron chi connectivity index (χ3n) is 3.75. The van der Waals surface area contributed by atoms with Crippen molar-refractivity contribution in [3.05, 3.63) is 30.0 Å². The van der Waals surface area contributed by atoms with Gasteiger partial charge >= 0.3 is 0 Å². The molecule has 0 unspecified atom stereocenters. The average Bonchev–Trinajstić information content (AvgIpc) is 2.88. The molecule has 0 saturated carbocycles. The fourth-order valence-electron chi connectivity index (χ4n) is 2.52. The second-order valence-electron chi connectivity index (χ2n) is 5.29. The lowest BCUT2D eigenvalue weighted by Crippen LogP contribution is -2.18. The van der Waals surface area contributed by atoms with Gasteiger partial charge in [-0.05, 0) is 49.7 Å². The fraction of sp³-hybridized carbons (Fsp3) is 0.529. The Balaban J connectivity index is 1.81. The number of hydrogen-bond donors (Lipinski definition) is 2. The van der Waals surface area contributed by atoms with Gasteiger partial charge in [0.15, 0.2) is 0 Å². The smallest absolute Gasteiger partial charge is 0.119 e. The van der Waals surface area contributed by atoms with Crippen LogP contribution in [0.5, 0.6) is 5.75 Å². The van der Waals surface area contributed by atoms with Crippen LogP contribution in [0.4, 0.5) is 0 Å². The summed E-state index contributed by atoms with van der Waals surface area (Å²) in [6.07, 6.45) is 8.45. The predicted octanol–water partition coefficient (Wildman–Crippen LogP) is 3.89. The minimum Gasteiger partial charge on any atom is -0.497 e. The van der Waals surface area contributed by atoms with Gasteiger partial charge in [0.1, 0.15) is 5.75 Å². The van der Waals surface area contributed by atoms with Gasteiger partial charge < -0.3 is 15.0 Å². The van der Waals surface area contributed by atoms with E-state index in [1.165, 1.54) is 42.1 Å². The molecular formula is C17H26N2O. The molecule has 0 radical (unpaired) electrons. The first-order valence-electron chi connectivity index (χ1n) is 7.70. The van der Waals surface area contributed by atoms with Crippen molar-refractivity contribution in [1.82, 2.24) is 10.3 Å². The van der Waals surface area contributed by atoms with E-state index in [0.29, 0.717) is 0 Å². The highest BCUT2D eigenvalue weighted by Gasteiger charge is 2.04. The molecule has 0 atom stereocenters. The van der Waals surface area contributed by atoms with Crippen LogP contribution >= 0.6 is 0 Å². The molecule has 0 aliphatic heterocycles. The second kappa shape index (κ2) is 7.95. The molecule has 0 saturated heterocycles. The van der Waals surface area contributed by atoms with Crippen LogP contribution in [-0.4, -0.2) is 25.2 Å². The van der Waals surface area contributed by atoms with Gasteiger partial charge in [0, 0.05) is 17.1 Å². The summed E-state index contributed by atoms with van der Waals surface area (Å²) in [6.45, 7) is 4.42. The molecule has 0 spiro atoms. The third-order valence-corrected chi connectivity index (χ3v) is 3.75. The van der Waals surface area contributed by atoms with E-state index in [-0.39, 0.29) is 0 Å². The number of nitrogens with one attached hydrogen (secondary N) is 2. The number of rotatable bonds is 9. The summed E-state index contributed by atoms with van der Waals surface area (Å²) in [7, 11) is 1.71. The highest BCUT2D eigenvalue weighted by Crippen LogP contribution is 2.23. The van der Waals surface area contributed by atoms with Crippen LogP contribution in [0, 0.1) is 0 Å². The van der Waals surface area contributed by atoms with E-state index in [9.17, 15) is 0 Å².